The van der Waals surface area contributed by atoms with Crippen molar-refractivity contribution in [2.45, 2.75) is 51.5 Å². The Hall–Kier alpha value is -2.93. The van der Waals surface area contributed by atoms with Crippen LogP contribution in [-0.2, 0) is 13.6 Å². The van der Waals surface area contributed by atoms with Gasteiger partial charge in [0, 0.05) is 33.1 Å². The van der Waals surface area contributed by atoms with E-state index in [2.05, 4.69) is 39.2 Å². The normalized spacial score (nSPS) is 18.1. The van der Waals surface area contributed by atoms with Crippen LogP contribution in [-0.4, -0.2) is 58.7 Å². The molecule has 1 aromatic carbocycles. The van der Waals surface area contributed by atoms with Crippen molar-refractivity contribution in [3.8, 4) is 5.75 Å². The van der Waals surface area contributed by atoms with Gasteiger partial charge >= 0.3 is 0 Å². The summed E-state index contributed by atoms with van der Waals surface area (Å²) in [6.45, 7) is 5.10. The molecule has 4 heterocycles. The number of likely N-dealkylation sites (tertiary alicyclic amines) is 1. The van der Waals surface area contributed by atoms with Crippen LogP contribution in [0.15, 0.2) is 36.4 Å². The fourth-order valence-electron chi connectivity index (χ4n) is 5.50. The molecule has 0 bridgehead atoms. The third-order valence-electron chi connectivity index (χ3n) is 7.61. The van der Waals surface area contributed by atoms with Crippen LogP contribution < -0.4 is 9.64 Å². The maximum Gasteiger partial charge on any atom is 0.184 e. The summed E-state index contributed by atoms with van der Waals surface area (Å²) in [4.78, 5) is 23.0. The maximum absolute atomic E-state index is 13.3. The highest BCUT2D eigenvalue weighted by atomic mass is 16.5. The molecular formula is C28H37N5O2. The van der Waals surface area contributed by atoms with Crippen molar-refractivity contribution in [3.05, 3.63) is 47.7 Å². The fourth-order valence-corrected chi connectivity index (χ4v) is 5.50. The summed E-state index contributed by atoms with van der Waals surface area (Å²) in [6, 6.07) is 12.4. The van der Waals surface area contributed by atoms with Crippen LogP contribution in [0.4, 0.5) is 5.82 Å². The molecule has 7 nitrogen and oxygen atoms in total. The highest BCUT2D eigenvalue weighted by Crippen LogP contribution is 2.27. The van der Waals surface area contributed by atoms with Crippen molar-refractivity contribution in [2.75, 3.05) is 38.2 Å². The average molecular weight is 476 g/mol. The Morgan fingerprint density at radius 1 is 0.971 bits per heavy atom. The lowest BCUT2D eigenvalue weighted by atomic mass is 9.90. The predicted molar refractivity (Wildman–Crippen MR) is 139 cm³/mol. The monoisotopic (exact) mass is 475 g/mol. The second-order valence-corrected chi connectivity index (χ2v) is 10.1. The third kappa shape index (κ3) is 5.50. The molecule has 0 atom stereocenters. The first kappa shape index (κ1) is 23.8. The quantitative estimate of drug-likeness (QED) is 0.456. The number of benzene rings is 1. The molecular weight excluding hydrogens is 438 g/mol. The molecule has 0 aliphatic carbocycles. The van der Waals surface area contributed by atoms with Gasteiger partial charge in [0.05, 0.1) is 12.5 Å². The first-order chi connectivity index (χ1) is 17.1. The fraction of sp³-hybridized carbons (Fsp3) is 0.536. The van der Waals surface area contributed by atoms with Gasteiger partial charge in [-0.15, -0.1) is 0 Å². The van der Waals surface area contributed by atoms with Crippen molar-refractivity contribution < 1.29 is 9.53 Å². The predicted octanol–water partition coefficient (Wildman–Crippen LogP) is 4.84. The highest BCUT2D eigenvalue weighted by molar-refractivity contribution is 6.05. The van der Waals surface area contributed by atoms with Gasteiger partial charge in [-0.2, -0.15) is 5.10 Å². The molecule has 0 spiro atoms. The van der Waals surface area contributed by atoms with Gasteiger partial charge < -0.3 is 9.64 Å². The number of aromatic nitrogens is 3. The molecule has 2 aliphatic heterocycles. The minimum absolute atomic E-state index is 0.147. The van der Waals surface area contributed by atoms with Gasteiger partial charge in [-0.3, -0.25) is 9.69 Å². The molecule has 5 rings (SSSR count). The zero-order valence-electron chi connectivity index (χ0n) is 21.1. The van der Waals surface area contributed by atoms with Crippen molar-refractivity contribution in [1.82, 2.24) is 19.7 Å². The molecule has 3 aromatic rings. The number of carbonyl (C=O) groups is 1. The van der Waals surface area contributed by atoms with Crippen molar-refractivity contribution in [2.24, 2.45) is 13.0 Å². The molecule has 0 unspecified atom stereocenters. The van der Waals surface area contributed by atoms with Crippen molar-refractivity contribution in [1.29, 1.82) is 0 Å². The Bertz CT molecular complexity index is 1140. The van der Waals surface area contributed by atoms with Crippen LogP contribution in [0.2, 0.25) is 0 Å². The molecule has 0 saturated carbocycles. The van der Waals surface area contributed by atoms with Gasteiger partial charge in [-0.1, -0.05) is 25.0 Å². The van der Waals surface area contributed by atoms with Gasteiger partial charge in [0.2, 0.25) is 0 Å². The Kier molecular flexibility index (Phi) is 7.32. The molecule has 0 N–H and O–H groups in total. The van der Waals surface area contributed by atoms with Crippen molar-refractivity contribution in [3.63, 3.8) is 0 Å². The van der Waals surface area contributed by atoms with E-state index in [1.165, 1.54) is 31.2 Å². The number of pyridine rings is 1. The summed E-state index contributed by atoms with van der Waals surface area (Å²) >= 11 is 0. The molecule has 7 heteroatoms. The molecule has 2 aromatic heterocycles. The number of fused-ring (bicyclic) bond motifs is 1. The molecule has 2 fully saturated rings. The average Bonchev–Trinajstić information content (AvgIpc) is 3.04. The smallest absolute Gasteiger partial charge is 0.184 e. The van der Waals surface area contributed by atoms with E-state index >= 15 is 0 Å². The Morgan fingerprint density at radius 3 is 2.37 bits per heavy atom. The van der Waals surface area contributed by atoms with Crippen LogP contribution in [0.1, 0.15) is 61.0 Å². The zero-order valence-corrected chi connectivity index (χ0v) is 21.1. The number of carbonyl (C=O) groups excluding carboxylic acids is 1. The molecule has 2 saturated heterocycles. The molecule has 0 amide bonds. The number of methoxy groups -OCH3 is 1. The summed E-state index contributed by atoms with van der Waals surface area (Å²) in [6.07, 6.45) is 7.68. The number of aryl methyl sites for hydroxylation is 1. The number of Topliss-reactive ketones (excluding diaryl/α,β-unsaturated/α-hetero) is 1. The zero-order chi connectivity index (χ0) is 24.2. The largest absolute Gasteiger partial charge is 0.497 e. The molecule has 2 aliphatic rings. The van der Waals surface area contributed by atoms with E-state index in [-0.39, 0.29) is 5.78 Å². The van der Waals surface area contributed by atoms with Crippen LogP contribution in [0.5, 0.6) is 5.75 Å². The van der Waals surface area contributed by atoms with Gasteiger partial charge in [-0.25, -0.2) is 9.67 Å². The van der Waals surface area contributed by atoms with Gasteiger partial charge in [0.15, 0.2) is 11.4 Å². The number of rotatable bonds is 7. The van der Waals surface area contributed by atoms with E-state index in [0.29, 0.717) is 18.0 Å². The lowest BCUT2D eigenvalue weighted by Gasteiger charge is -2.31. The number of anilines is 1. The van der Waals surface area contributed by atoms with Crippen molar-refractivity contribution >= 4 is 22.6 Å². The Labute approximate surface area is 208 Å². The second kappa shape index (κ2) is 10.8. The standard InChI is InChI=1S/C28H37N5O2/c1-31-28-24(11-12-26(29-28)33-15-5-3-4-6-16-33)27(30-31)25(34)19-21-13-17-32(18-14-21)20-22-7-9-23(35-2)10-8-22/h7-12,21H,3-6,13-20H2,1-2H3. The first-order valence-electron chi connectivity index (χ1n) is 13.1. The number of ether oxygens (including phenoxy) is 1. The van der Waals surface area contributed by atoms with Gasteiger partial charge in [0.1, 0.15) is 17.3 Å². The SMILES string of the molecule is COc1ccc(CN2CCC(CC(=O)c3nn(C)c4nc(N5CCCCCC5)ccc34)CC2)cc1. The summed E-state index contributed by atoms with van der Waals surface area (Å²) in [7, 11) is 3.59. The lowest BCUT2D eigenvalue weighted by Crippen LogP contribution is -2.34. The number of nitrogens with zero attached hydrogens (tertiary/aromatic N) is 5. The van der Waals surface area contributed by atoms with E-state index < -0.39 is 0 Å². The van der Waals surface area contributed by atoms with Crippen LogP contribution in [0, 0.1) is 5.92 Å². The molecule has 35 heavy (non-hydrogen) atoms. The second-order valence-electron chi connectivity index (χ2n) is 10.1. The van der Waals surface area contributed by atoms with Crippen LogP contribution in [0.25, 0.3) is 11.0 Å². The van der Waals surface area contributed by atoms with E-state index in [4.69, 9.17) is 9.72 Å². The van der Waals surface area contributed by atoms with Crippen LogP contribution in [0.3, 0.4) is 0 Å². The van der Waals surface area contributed by atoms with Gasteiger partial charge in [0.25, 0.3) is 0 Å². The number of piperidine rings is 1. The van der Waals surface area contributed by atoms with E-state index in [0.717, 1.165) is 68.2 Å². The van der Waals surface area contributed by atoms with Crippen LogP contribution >= 0.6 is 0 Å². The van der Waals surface area contributed by atoms with E-state index in [1.54, 1.807) is 11.8 Å². The Balaban J connectivity index is 1.19. The minimum Gasteiger partial charge on any atom is -0.497 e. The van der Waals surface area contributed by atoms with Gasteiger partial charge in [-0.05, 0) is 74.5 Å². The summed E-state index contributed by atoms with van der Waals surface area (Å²) in [5.74, 6) is 2.46. The number of hydrogen-bond donors (Lipinski definition) is 0. The number of ketones is 1. The first-order valence-corrected chi connectivity index (χ1v) is 13.1. The van der Waals surface area contributed by atoms with E-state index in [9.17, 15) is 4.79 Å². The molecule has 186 valence electrons. The minimum atomic E-state index is 0.147. The summed E-state index contributed by atoms with van der Waals surface area (Å²) in [5.41, 5.74) is 2.69. The third-order valence-corrected chi connectivity index (χ3v) is 7.61. The topological polar surface area (TPSA) is 63.5 Å². The maximum atomic E-state index is 13.3. The number of hydrogen-bond acceptors (Lipinski definition) is 6. The molecule has 0 radical (unpaired) electrons. The highest BCUT2D eigenvalue weighted by Gasteiger charge is 2.25. The Morgan fingerprint density at radius 2 is 1.69 bits per heavy atom. The summed E-state index contributed by atoms with van der Waals surface area (Å²) in [5, 5.41) is 5.49. The van der Waals surface area contributed by atoms with E-state index in [1.807, 2.05) is 19.2 Å². The lowest BCUT2D eigenvalue weighted by molar-refractivity contribution is 0.0921. The summed E-state index contributed by atoms with van der Waals surface area (Å²) < 4.78 is 7.03.